The van der Waals surface area contributed by atoms with E-state index in [2.05, 4.69) is 16.6 Å². The molecule has 0 aliphatic heterocycles. The zero-order chi connectivity index (χ0) is 15.2. The lowest BCUT2D eigenvalue weighted by atomic mass is 10.1. The van der Waals surface area contributed by atoms with Crippen LogP contribution >= 0.6 is 11.3 Å². The van der Waals surface area contributed by atoms with Gasteiger partial charge in [0.1, 0.15) is 11.6 Å². The summed E-state index contributed by atoms with van der Waals surface area (Å²) in [6.45, 7) is 0.519. The molecule has 1 aromatic heterocycles. The van der Waals surface area contributed by atoms with Gasteiger partial charge in [0, 0.05) is 11.4 Å². The van der Waals surface area contributed by atoms with Crippen LogP contribution in [0.2, 0.25) is 0 Å². The van der Waals surface area contributed by atoms with E-state index in [0.29, 0.717) is 10.7 Å². The molecular formula is C12H18F4N2OS. The second-order valence-corrected chi connectivity index (χ2v) is 5.41. The third kappa shape index (κ3) is 5.34. The summed E-state index contributed by atoms with van der Waals surface area (Å²) >= 11 is 1.22. The molecule has 0 spiro atoms. The molecular weight excluding hydrogens is 296 g/mol. The first-order valence-corrected chi connectivity index (χ1v) is 7.18. The fourth-order valence-electron chi connectivity index (χ4n) is 1.47. The summed E-state index contributed by atoms with van der Waals surface area (Å²) in [6.07, 6.45) is -0.928. The molecule has 116 valence electrons. The molecule has 0 fully saturated rings. The summed E-state index contributed by atoms with van der Waals surface area (Å²) in [4.78, 5) is 4.16. The van der Waals surface area contributed by atoms with E-state index in [-0.39, 0.29) is 12.6 Å². The molecule has 0 saturated carbocycles. The predicted molar refractivity (Wildman–Crippen MR) is 69.2 cm³/mol. The quantitative estimate of drug-likeness (QED) is 0.706. The normalized spacial score (nSPS) is 13.9. The van der Waals surface area contributed by atoms with Crippen molar-refractivity contribution in [3.05, 3.63) is 16.1 Å². The number of hydrogen-bond acceptors (Lipinski definition) is 4. The van der Waals surface area contributed by atoms with Gasteiger partial charge in [-0.2, -0.15) is 8.78 Å². The fraction of sp³-hybridized carbons (Fsp3) is 0.750. The molecule has 0 aliphatic rings. The Hall–Kier alpha value is -0.730. The van der Waals surface area contributed by atoms with Crippen LogP contribution in [0.15, 0.2) is 5.38 Å². The Morgan fingerprint density at radius 1 is 1.45 bits per heavy atom. The third-order valence-corrected chi connectivity index (χ3v) is 3.50. The summed E-state index contributed by atoms with van der Waals surface area (Å²) in [5.41, 5.74) is 6.60. The average Bonchev–Trinajstić information content (AvgIpc) is 2.84. The standard InChI is InChI=1S/C12H18F4N2OS/c1-2-3-4-8(17)9-6-20-10(18-9)5-19-7-12(15,16)11(13)14/h6,8,11H,2-5,7,17H2,1H3. The van der Waals surface area contributed by atoms with Crippen molar-refractivity contribution in [1.82, 2.24) is 4.98 Å². The average molecular weight is 314 g/mol. The lowest BCUT2D eigenvalue weighted by Crippen LogP contribution is -2.32. The van der Waals surface area contributed by atoms with Gasteiger partial charge in [0.05, 0.1) is 12.3 Å². The SMILES string of the molecule is CCCCC(N)c1csc(COCC(F)(F)C(F)F)n1. The number of rotatable bonds is 9. The van der Waals surface area contributed by atoms with Gasteiger partial charge in [-0.05, 0) is 6.42 Å². The van der Waals surface area contributed by atoms with Crippen LogP contribution in [-0.4, -0.2) is 23.9 Å². The fourth-order valence-corrected chi connectivity index (χ4v) is 2.26. The summed E-state index contributed by atoms with van der Waals surface area (Å²) in [6, 6.07) is -0.192. The highest BCUT2D eigenvalue weighted by atomic mass is 32.1. The van der Waals surface area contributed by atoms with E-state index in [4.69, 9.17) is 5.73 Å². The van der Waals surface area contributed by atoms with Crippen molar-refractivity contribution in [2.24, 2.45) is 5.73 Å². The molecule has 0 radical (unpaired) electrons. The van der Waals surface area contributed by atoms with Crippen LogP contribution in [-0.2, 0) is 11.3 Å². The molecule has 0 amide bonds. The van der Waals surface area contributed by atoms with Gasteiger partial charge < -0.3 is 10.5 Å². The summed E-state index contributed by atoms with van der Waals surface area (Å²) in [5.74, 6) is -4.13. The Labute approximate surface area is 119 Å². The molecule has 20 heavy (non-hydrogen) atoms. The van der Waals surface area contributed by atoms with Crippen LogP contribution in [0.25, 0.3) is 0 Å². The minimum absolute atomic E-state index is 0.192. The Kier molecular flexibility index (Phi) is 6.84. The van der Waals surface area contributed by atoms with Gasteiger partial charge in [0.2, 0.25) is 0 Å². The number of unbranched alkanes of at least 4 members (excludes halogenated alkanes) is 1. The lowest BCUT2D eigenvalue weighted by Gasteiger charge is -2.14. The summed E-state index contributed by atoms with van der Waals surface area (Å²) in [7, 11) is 0. The van der Waals surface area contributed by atoms with Gasteiger partial charge in [-0.1, -0.05) is 19.8 Å². The van der Waals surface area contributed by atoms with E-state index in [9.17, 15) is 17.6 Å². The van der Waals surface area contributed by atoms with Gasteiger partial charge >= 0.3 is 12.3 Å². The topological polar surface area (TPSA) is 48.1 Å². The van der Waals surface area contributed by atoms with E-state index < -0.39 is 19.0 Å². The molecule has 0 aromatic carbocycles. The molecule has 1 unspecified atom stereocenters. The number of hydrogen-bond donors (Lipinski definition) is 1. The number of halogens is 4. The zero-order valence-electron chi connectivity index (χ0n) is 11.1. The number of thiazole rings is 1. The Balaban J connectivity index is 2.41. The van der Waals surface area contributed by atoms with Crippen molar-refractivity contribution < 1.29 is 22.3 Å². The van der Waals surface area contributed by atoms with Crippen molar-refractivity contribution >= 4 is 11.3 Å². The van der Waals surface area contributed by atoms with Crippen LogP contribution in [0.3, 0.4) is 0 Å². The first-order valence-electron chi connectivity index (χ1n) is 6.30. The van der Waals surface area contributed by atoms with E-state index in [0.717, 1.165) is 19.3 Å². The predicted octanol–water partition coefficient (Wildman–Crippen LogP) is 3.75. The first-order chi connectivity index (χ1) is 9.36. The van der Waals surface area contributed by atoms with Crippen LogP contribution in [0, 0.1) is 0 Å². The number of nitrogens with zero attached hydrogens (tertiary/aromatic N) is 1. The van der Waals surface area contributed by atoms with Gasteiger partial charge in [0.15, 0.2) is 0 Å². The van der Waals surface area contributed by atoms with Crippen molar-refractivity contribution in [2.45, 2.75) is 51.2 Å². The molecule has 2 N–H and O–H groups in total. The lowest BCUT2D eigenvalue weighted by molar-refractivity contribution is -0.168. The maximum Gasteiger partial charge on any atom is 0.330 e. The molecule has 1 heterocycles. The highest BCUT2D eigenvalue weighted by Gasteiger charge is 2.40. The largest absolute Gasteiger partial charge is 0.368 e. The second kappa shape index (κ2) is 7.90. The molecule has 3 nitrogen and oxygen atoms in total. The number of ether oxygens (including phenoxy) is 1. The van der Waals surface area contributed by atoms with Crippen molar-refractivity contribution in [3.63, 3.8) is 0 Å². The minimum atomic E-state index is -4.13. The van der Waals surface area contributed by atoms with E-state index in [1.165, 1.54) is 11.3 Å². The summed E-state index contributed by atoms with van der Waals surface area (Å²) in [5, 5.41) is 2.20. The van der Waals surface area contributed by atoms with Crippen LogP contribution < -0.4 is 5.73 Å². The van der Waals surface area contributed by atoms with Gasteiger partial charge in [-0.15, -0.1) is 11.3 Å². The number of alkyl halides is 4. The molecule has 1 atom stereocenters. The maximum atomic E-state index is 12.6. The monoisotopic (exact) mass is 314 g/mol. The first kappa shape index (κ1) is 17.3. The maximum absolute atomic E-state index is 12.6. The summed E-state index contributed by atoms with van der Waals surface area (Å²) < 4.78 is 53.6. The smallest absolute Gasteiger partial charge is 0.330 e. The second-order valence-electron chi connectivity index (χ2n) is 4.47. The van der Waals surface area contributed by atoms with Gasteiger partial charge in [0.25, 0.3) is 0 Å². The van der Waals surface area contributed by atoms with Gasteiger partial charge in [-0.25, -0.2) is 13.8 Å². The highest BCUT2D eigenvalue weighted by molar-refractivity contribution is 7.09. The van der Waals surface area contributed by atoms with Crippen LogP contribution in [0.5, 0.6) is 0 Å². The third-order valence-electron chi connectivity index (χ3n) is 2.66. The van der Waals surface area contributed by atoms with Gasteiger partial charge in [-0.3, -0.25) is 0 Å². The number of nitrogens with two attached hydrogens (primary N) is 1. The molecule has 8 heteroatoms. The molecule has 0 bridgehead atoms. The minimum Gasteiger partial charge on any atom is -0.368 e. The molecule has 1 aromatic rings. The molecule has 0 aliphatic carbocycles. The highest BCUT2D eigenvalue weighted by Crippen LogP contribution is 2.24. The Bertz CT molecular complexity index is 401. The Morgan fingerprint density at radius 2 is 2.15 bits per heavy atom. The van der Waals surface area contributed by atoms with Crippen LogP contribution in [0.1, 0.15) is 42.9 Å². The van der Waals surface area contributed by atoms with E-state index in [1.54, 1.807) is 5.38 Å². The van der Waals surface area contributed by atoms with Crippen molar-refractivity contribution in [1.29, 1.82) is 0 Å². The number of aromatic nitrogens is 1. The van der Waals surface area contributed by atoms with Crippen LogP contribution in [0.4, 0.5) is 17.6 Å². The molecule has 0 saturated heterocycles. The van der Waals surface area contributed by atoms with Crippen molar-refractivity contribution in [3.8, 4) is 0 Å². The zero-order valence-corrected chi connectivity index (χ0v) is 11.9. The van der Waals surface area contributed by atoms with E-state index >= 15 is 0 Å². The Morgan fingerprint density at radius 3 is 2.75 bits per heavy atom. The molecule has 1 rings (SSSR count). The van der Waals surface area contributed by atoms with Crippen molar-refractivity contribution in [2.75, 3.05) is 6.61 Å². The van der Waals surface area contributed by atoms with E-state index in [1.807, 2.05) is 0 Å².